The minimum Gasteiger partial charge on any atom is -0.472 e. The number of rotatable bonds is 4. The van der Waals surface area contributed by atoms with Crippen LogP contribution < -0.4 is 5.73 Å². The molecule has 0 unspecified atom stereocenters. The molecule has 0 aliphatic carbocycles. The average Bonchev–Trinajstić information content (AvgIpc) is 2.68. The Kier molecular flexibility index (Phi) is 5.55. The molecular formula is C11H19ClN2O2. The largest absolute Gasteiger partial charge is 0.472 e. The summed E-state index contributed by atoms with van der Waals surface area (Å²) in [6, 6.07) is 1.66. The van der Waals surface area contributed by atoms with E-state index in [2.05, 4.69) is 0 Å². The van der Waals surface area contributed by atoms with Crippen molar-refractivity contribution in [3.63, 3.8) is 0 Å². The maximum atomic E-state index is 11.8. The molecule has 0 saturated heterocycles. The van der Waals surface area contributed by atoms with E-state index in [1.807, 2.05) is 13.8 Å². The summed E-state index contributed by atoms with van der Waals surface area (Å²) in [4.78, 5) is 13.5. The van der Waals surface area contributed by atoms with E-state index < -0.39 is 0 Å². The Morgan fingerprint density at radius 3 is 2.62 bits per heavy atom. The number of hydrogen-bond donors (Lipinski definition) is 1. The molecular weight excluding hydrogens is 228 g/mol. The normalized spacial score (nSPS) is 10.8. The molecule has 0 aliphatic rings. The summed E-state index contributed by atoms with van der Waals surface area (Å²) < 4.78 is 4.87. The monoisotopic (exact) mass is 246 g/mol. The SMILES string of the molecule is CN(CC(C)(C)CN)C(=O)c1ccoc1.Cl. The maximum absolute atomic E-state index is 11.8. The number of carbonyl (C=O) groups is 1. The van der Waals surface area contributed by atoms with Crippen molar-refractivity contribution < 1.29 is 9.21 Å². The van der Waals surface area contributed by atoms with Gasteiger partial charge in [0.2, 0.25) is 0 Å². The second-order valence-electron chi connectivity index (χ2n) is 4.54. The van der Waals surface area contributed by atoms with Gasteiger partial charge in [0.25, 0.3) is 5.91 Å². The Balaban J connectivity index is 0.00000225. The maximum Gasteiger partial charge on any atom is 0.256 e. The highest BCUT2D eigenvalue weighted by atomic mass is 35.5. The van der Waals surface area contributed by atoms with Gasteiger partial charge in [0.1, 0.15) is 6.26 Å². The van der Waals surface area contributed by atoms with E-state index in [9.17, 15) is 4.79 Å². The molecule has 0 aromatic carbocycles. The Morgan fingerprint density at radius 2 is 2.19 bits per heavy atom. The highest BCUT2D eigenvalue weighted by Gasteiger charge is 2.22. The van der Waals surface area contributed by atoms with Gasteiger partial charge < -0.3 is 15.1 Å². The van der Waals surface area contributed by atoms with Gasteiger partial charge in [-0.05, 0) is 18.0 Å². The molecule has 0 saturated carbocycles. The first kappa shape index (κ1) is 15.0. The molecule has 1 amide bonds. The van der Waals surface area contributed by atoms with Crippen molar-refractivity contribution in [3.05, 3.63) is 24.2 Å². The van der Waals surface area contributed by atoms with Crippen LogP contribution in [0.1, 0.15) is 24.2 Å². The van der Waals surface area contributed by atoms with E-state index in [1.165, 1.54) is 12.5 Å². The first-order valence-electron chi connectivity index (χ1n) is 4.94. The average molecular weight is 247 g/mol. The molecule has 16 heavy (non-hydrogen) atoms. The summed E-state index contributed by atoms with van der Waals surface area (Å²) >= 11 is 0. The quantitative estimate of drug-likeness (QED) is 0.881. The number of furan rings is 1. The van der Waals surface area contributed by atoms with E-state index in [4.69, 9.17) is 10.2 Å². The third-order valence-electron chi connectivity index (χ3n) is 2.33. The topological polar surface area (TPSA) is 59.5 Å². The van der Waals surface area contributed by atoms with Gasteiger partial charge in [-0.3, -0.25) is 4.79 Å². The number of hydrogen-bond acceptors (Lipinski definition) is 3. The van der Waals surface area contributed by atoms with Crippen molar-refractivity contribution in [2.45, 2.75) is 13.8 Å². The predicted molar refractivity (Wildman–Crippen MR) is 65.8 cm³/mol. The lowest BCUT2D eigenvalue weighted by atomic mass is 9.93. The van der Waals surface area contributed by atoms with Gasteiger partial charge in [0, 0.05) is 13.6 Å². The van der Waals surface area contributed by atoms with E-state index in [-0.39, 0.29) is 23.7 Å². The van der Waals surface area contributed by atoms with Crippen LogP contribution in [0.4, 0.5) is 0 Å². The van der Waals surface area contributed by atoms with Gasteiger partial charge in [-0.15, -0.1) is 12.4 Å². The number of amides is 1. The Morgan fingerprint density at radius 1 is 1.56 bits per heavy atom. The van der Waals surface area contributed by atoms with Crippen LogP contribution >= 0.6 is 12.4 Å². The number of nitrogens with two attached hydrogens (primary N) is 1. The molecule has 0 atom stereocenters. The Bertz CT molecular complexity index is 323. The summed E-state index contributed by atoms with van der Waals surface area (Å²) in [7, 11) is 1.77. The first-order valence-corrected chi connectivity index (χ1v) is 4.94. The second-order valence-corrected chi connectivity index (χ2v) is 4.54. The molecule has 0 bridgehead atoms. The van der Waals surface area contributed by atoms with Crippen molar-refractivity contribution in [1.29, 1.82) is 0 Å². The fourth-order valence-electron chi connectivity index (χ4n) is 1.38. The zero-order valence-electron chi connectivity index (χ0n) is 9.90. The third-order valence-corrected chi connectivity index (χ3v) is 2.33. The zero-order valence-corrected chi connectivity index (χ0v) is 10.7. The first-order chi connectivity index (χ1) is 6.96. The van der Waals surface area contributed by atoms with Gasteiger partial charge >= 0.3 is 0 Å². The molecule has 4 nitrogen and oxygen atoms in total. The van der Waals surface area contributed by atoms with E-state index >= 15 is 0 Å². The summed E-state index contributed by atoms with van der Waals surface area (Å²) in [5.41, 5.74) is 6.13. The molecule has 0 fully saturated rings. The number of carbonyl (C=O) groups excluding carboxylic acids is 1. The highest BCUT2D eigenvalue weighted by molar-refractivity contribution is 5.93. The smallest absolute Gasteiger partial charge is 0.256 e. The number of halogens is 1. The van der Waals surface area contributed by atoms with E-state index in [0.717, 1.165) is 0 Å². The van der Waals surface area contributed by atoms with Crippen LogP contribution in [0.15, 0.2) is 23.0 Å². The summed E-state index contributed by atoms with van der Waals surface area (Å²) in [6.45, 7) is 5.25. The van der Waals surface area contributed by atoms with Gasteiger partial charge in [0.15, 0.2) is 0 Å². The standard InChI is InChI=1S/C11H18N2O2.ClH/c1-11(2,7-12)8-13(3)10(14)9-4-5-15-6-9;/h4-6H,7-8,12H2,1-3H3;1H. The predicted octanol–water partition coefficient (Wildman–Crippen LogP) is 1.76. The minimum absolute atomic E-state index is 0. The second kappa shape index (κ2) is 5.92. The lowest BCUT2D eigenvalue weighted by Gasteiger charge is -2.28. The van der Waals surface area contributed by atoms with Crippen molar-refractivity contribution >= 4 is 18.3 Å². The molecule has 1 aromatic rings. The van der Waals surface area contributed by atoms with Crippen LogP contribution in [0.2, 0.25) is 0 Å². The molecule has 2 N–H and O–H groups in total. The molecule has 1 aromatic heterocycles. The highest BCUT2D eigenvalue weighted by Crippen LogP contribution is 2.15. The molecule has 0 spiro atoms. The van der Waals surface area contributed by atoms with E-state index in [0.29, 0.717) is 18.7 Å². The van der Waals surface area contributed by atoms with Crippen LogP contribution in [-0.4, -0.2) is 30.9 Å². The van der Waals surface area contributed by atoms with Crippen molar-refractivity contribution in [2.75, 3.05) is 20.1 Å². The third kappa shape index (κ3) is 3.87. The lowest BCUT2D eigenvalue weighted by Crippen LogP contribution is -2.39. The summed E-state index contributed by atoms with van der Waals surface area (Å²) in [5, 5.41) is 0. The van der Waals surface area contributed by atoms with E-state index in [1.54, 1.807) is 18.0 Å². The van der Waals surface area contributed by atoms with Crippen LogP contribution in [-0.2, 0) is 0 Å². The van der Waals surface area contributed by atoms with Gasteiger partial charge in [-0.1, -0.05) is 13.8 Å². The van der Waals surface area contributed by atoms with Crippen LogP contribution in [0.3, 0.4) is 0 Å². The fraction of sp³-hybridized carbons (Fsp3) is 0.545. The van der Waals surface area contributed by atoms with Crippen LogP contribution in [0.25, 0.3) is 0 Å². The van der Waals surface area contributed by atoms with Crippen molar-refractivity contribution in [3.8, 4) is 0 Å². The minimum atomic E-state index is -0.0614. The van der Waals surface area contributed by atoms with Crippen LogP contribution in [0.5, 0.6) is 0 Å². The van der Waals surface area contributed by atoms with Crippen molar-refractivity contribution in [1.82, 2.24) is 4.90 Å². The molecule has 0 aliphatic heterocycles. The van der Waals surface area contributed by atoms with Crippen molar-refractivity contribution in [2.24, 2.45) is 11.1 Å². The zero-order chi connectivity index (χ0) is 11.5. The van der Waals surface area contributed by atoms with Gasteiger partial charge in [-0.2, -0.15) is 0 Å². The summed E-state index contributed by atoms with van der Waals surface area (Å²) in [5.74, 6) is -0.0368. The van der Waals surface area contributed by atoms with Gasteiger partial charge in [0.05, 0.1) is 11.8 Å². The Hall–Kier alpha value is -1.00. The summed E-state index contributed by atoms with van der Waals surface area (Å²) in [6.07, 6.45) is 2.95. The molecule has 92 valence electrons. The number of nitrogens with zero attached hydrogens (tertiary/aromatic N) is 1. The molecule has 1 heterocycles. The van der Waals surface area contributed by atoms with Crippen LogP contribution in [0, 0.1) is 5.41 Å². The van der Waals surface area contributed by atoms with Gasteiger partial charge in [-0.25, -0.2) is 0 Å². The lowest BCUT2D eigenvalue weighted by molar-refractivity contribution is 0.0740. The molecule has 5 heteroatoms. The molecule has 1 rings (SSSR count). The Labute approximate surface area is 102 Å². The molecule has 0 radical (unpaired) electrons. The fourth-order valence-corrected chi connectivity index (χ4v) is 1.38.